The number of pyridine rings is 1. The lowest BCUT2D eigenvalue weighted by Gasteiger charge is -2.20. The van der Waals surface area contributed by atoms with Crippen LogP contribution in [0.4, 0.5) is 0 Å². The molecule has 128 valence electrons. The zero-order valence-corrected chi connectivity index (χ0v) is 14.6. The lowest BCUT2D eigenvalue weighted by molar-refractivity contribution is -0.121. The second kappa shape index (κ2) is 6.74. The predicted octanol–water partition coefficient (Wildman–Crippen LogP) is 1.33. The smallest absolute Gasteiger partial charge is 0.244 e. The molecular formula is C15H22N2O5S. The molecule has 0 atom stereocenters. The first-order valence-corrected chi connectivity index (χ1v) is 8.71. The summed E-state index contributed by atoms with van der Waals surface area (Å²) in [5, 5.41) is 0. The molecule has 0 spiro atoms. The van der Waals surface area contributed by atoms with E-state index in [1.165, 1.54) is 0 Å². The Hall–Kier alpha value is -1.83. The van der Waals surface area contributed by atoms with Crippen LogP contribution in [0.2, 0.25) is 0 Å². The van der Waals surface area contributed by atoms with Gasteiger partial charge in [0.2, 0.25) is 22.7 Å². The zero-order chi connectivity index (χ0) is 17.2. The number of nitrogens with one attached hydrogen (secondary N) is 1. The second-order valence-corrected chi connectivity index (χ2v) is 6.87. The summed E-state index contributed by atoms with van der Waals surface area (Å²) in [5.74, 6) is 0.312. The SMILES string of the molecule is CC(C)Oc1cnc(OC(C)C)c(C2(C(=O)N[SH](=O)=O)CC2)c1. The molecule has 23 heavy (non-hydrogen) atoms. The van der Waals surface area contributed by atoms with Gasteiger partial charge in [0.25, 0.3) is 0 Å². The van der Waals surface area contributed by atoms with Crippen molar-refractivity contribution < 1.29 is 22.7 Å². The number of hydrogen-bond acceptors (Lipinski definition) is 6. The Labute approximate surface area is 137 Å². The summed E-state index contributed by atoms with van der Waals surface area (Å²) in [7, 11) is -2.99. The minimum absolute atomic E-state index is 0.0402. The summed E-state index contributed by atoms with van der Waals surface area (Å²) in [6.45, 7) is 7.50. The second-order valence-electron chi connectivity index (χ2n) is 6.14. The van der Waals surface area contributed by atoms with Crippen molar-refractivity contribution in [2.24, 2.45) is 0 Å². The molecule has 1 fully saturated rings. The minimum Gasteiger partial charge on any atom is -0.489 e. The number of hydrogen-bond donors (Lipinski definition) is 2. The highest BCUT2D eigenvalue weighted by Gasteiger charge is 2.54. The van der Waals surface area contributed by atoms with Crippen molar-refractivity contribution in [1.82, 2.24) is 9.71 Å². The van der Waals surface area contributed by atoms with Crippen molar-refractivity contribution in [3.8, 4) is 11.6 Å². The summed E-state index contributed by atoms with van der Waals surface area (Å²) in [4.78, 5) is 16.6. The van der Waals surface area contributed by atoms with Crippen molar-refractivity contribution in [2.75, 3.05) is 0 Å². The molecule has 1 heterocycles. The number of rotatable bonds is 7. The molecule has 8 heteroatoms. The van der Waals surface area contributed by atoms with Crippen LogP contribution < -0.4 is 14.2 Å². The van der Waals surface area contributed by atoms with Crippen LogP contribution in [0.15, 0.2) is 12.3 Å². The highest BCUT2D eigenvalue weighted by molar-refractivity contribution is 7.71. The van der Waals surface area contributed by atoms with E-state index in [0.29, 0.717) is 30.0 Å². The molecule has 0 saturated heterocycles. The van der Waals surface area contributed by atoms with Crippen LogP contribution in [0, 0.1) is 0 Å². The van der Waals surface area contributed by atoms with Gasteiger partial charge in [-0.25, -0.2) is 13.4 Å². The molecule has 7 nitrogen and oxygen atoms in total. The average molecular weight is 342 g/mol. The van der Waals surface area contributed by atoms with Crippen LogP contribution in [0.25, 0.3) is 0 Å². The molecule has 1 saturated carbocycles. The fraction of sp³-hybridized carbons (Fsp3) is 0.600. The Bertz CT molecular complexity index is 658. The van der Waals surface area contributed by atoms with Crippen LogP contribution in [-0.4, -0.2) is 31.5 Å². The van der Waals surface area contributed by atoms with E-state index in [1.54, 1.807) is 12.3 Å². The highest BCUT2D eigenvalue weighted by Crippen LogP contribution is 2.52. The van der Waals surface area contributed by atoms with E-state index in [1.807, 2.05) is 32.4 Å². The molecule has 1 amide bonds. The molecular weight excluding hydrogens is 320 g/mol. The van der Waals surface area contributed by atoms with Gasteiger partial charge >= 0.3 is 0 Å². The Morgan fingerprint density at radius 2 is 1.83 bits per heavy atom. The molecule has 0 unspecified atom stereocenters. The summed E-state index contributed by atoms with van der Waals surface area (Å²) in [6, 6.07) is 1.72. The molecule has 2 rings (SSSR count). The van der Waals surface area contributed by atoms with Gasteiger partial charge in [-0.2, -0.15) is 0 Å². The van der Waals surface area contributed by atoms with Crippen molar-refractivity contribution in [3.05, 3.63) is 17.8 Å². The Morgan fingerprint density at radius 3 is 2.30 bits per heavy atom. The first kappa shape index (κ1) is 17.5. The molecule has 0 aliphatic heterocycles. The van der Waals surface area contributed by atoms with E-state index < -0.39 is 22.2 Å². The van der Waals surface area contributed by atoms with Crippen LogP contribution in [0.5, 0.6) is 11.6 Å². The fourth-order valence-corrected chi connectivity index (χ4v) is 2.74. The van der Waals surface area contributed by atoms with E-state index in [4.69, 9.17) is 9.47 Å². The fourth-order valence-electron chi connectivity index (χ4n) is 2.36. The molecule has 0 radical (unpaired) electrons. The van der Waals surface area contributed by atoms with Crippen LogP contribution >= 0.6 is 0 Å². The minimum atomic E-state index is -2.99. The van der Waals surface area contributed by atoms with E-state index in [9.17, 15) is 13.2 Å². The number of aromatic nitrogens is 1. The van der Waals surface area contributed by atoms with E-state index in [0.717, 1.165) is 0 Å². The Morgan fingerprint density at radius 1 is 1.22 bits per heavy atom. The van der Waals surface area contributed by atoms with Crippen LogP contribution in [-0.2, 0) is 21.1 Å². The maximum Gasteiger partial charge on any atom is 0.244 e. The first-order valence-electron chi connectivity index (χ1n) is 7.54. The third-order valence-corrected chi connectivity index (χ3v) is 3.82. The van der Waals surface area contributed by atoms with Crippen LogP contribution in [0.1, 0.15) is 46.1 Å². The van der Waals surface area contributed by atoms with Gasteiger partial charge in [0.1, 0.15) is 5.75 Å². The molecule has 0 bridgehead atoms. The van der Waals surface area contributed by atoms with Gasteiger partial charge in [0.15, 0.2) is 0 Å². The molecule has 1 aromatic rings. The summed E-state index contributed by atoms with van der Waals surface area (Å²) >= 11 is 0. The van der Waals surface area contributed by atoms with E-state index in [2.05, 4.69) is 4.98 Å². The maximum atomic E-state index is 12.3. The predicted molar refractivity (Wildman–Crippen MR) is 85.1 cm³/mol. The van der Waals surface area contributed by atoms with Gasteiger partial charge in [0, 0.05) is 5.56 Å². The topological polar surface area (TPSA) is 94.6 Å². The van der Waals surface area contributed by atoms with Crippen molar-refractivity contribution in [3.63, 3.8) is 0 Å². The molecule has 1 aliphatic carbocycles. The molecule has 1 N–H and O–H groups in total. The summed E-state index contributed by atoms with van der Waals surface area (Å²) in [6.07, 6.45) is 2.48. The normalized spacial score (nSPS) is 15.8. The quantitative estimate of drug-likeness (QED) is 0.726. The highest BCUT2D eigenvalue weighted by atomic mass is 32.2. The zero-order valence-electron chi connectivity index (χ0n) is 13.7. The van der Waals surface area contributed by atoms with Gasteiger partial charge in [-0.3, -0.25) is 9.52 Å². The third kappa shape index (κ3) is 4.13. The lowest BCUT2D eigenvalue weighted by atomic mass is 9.96. The largest absolute Gasteiger partial charge is 0.489 e. The molecule has 0 aromatic carbocycles. The van der Waals surface area contributed by atoms with Crippen molar-refractivity contribution >= 4 is 16.8 Å². The molecule has 1 aliphatic rings. The van der Waals surface area contributed by atoms with Gasteiger partial charge in [-0.1, -0.05) is 0 Å². The van der Waals surface area contributed by atoms with Gasteiger partial charge in [-0.05, 0) is 46.6 Å². The summed E-state index contributed by atoms with van der Waals surface area (Å²) in [5.41, 5.74) is -0.345. The maximum absolute atomic E-state index is 12.3. The Balaban J connectivity index is 2.42. The van der Waals surface area contributed by atoms with Gasteiger partial charge < -0.3 is 9.47 Å². The Kier molecular flexibility index (Phi) is 5.13. The van der Waals surface area contributed by atoms with Gasteiger partial charge in [0.05, 0.1) is 23.8 Å². The third-order valence-electron chi connectivity index (χ3n) is 3.44. The first-order chi connectivity index (χ1) is 10.7. The van der Waals surface area contributed by atoms with Crippen molar-refractivity contribution in [2.45, 2.75) is 58.2 Å². The van der Waals surface area contributed by atoms with Crippen molar-refractivity contribution in [1.29, 1.82) is 0 Å². The van der Waals surface area contributed by atoms with Gasteiger partial charge in [-0.15, -0.1) is 0 Å². The molecule has 1 aromatic heterocycles. The number of ether oxygens (including phenoxy) is 2. The average Bonchev–Trinajstić information content (AvgIpc) is 3.20. The lowest BCUT2D eigenvalue weighted by Crippen LogP contribution is -2.34. The number of amides is 1. The number of carbonyl (C=O) groups excluding carboxylic acids is 1. The number of carbonyl (C=O) groups is 1. The number of thiol groups is 1. The number of nitrogens with zero attached hydrogens (tertiary/aromatic N) is 1. The van der Waals surface area contributed by atoms with E-state index >= 15 is 0 Å². The summed E-state index contributed by atoms with van der Waals surface area (Å²) < 4.78 is 34.9. The van der Waals surface area contributed by atoms with Crippen LogP contribution in [0.3, 0.4) is 0 Å². The van der Waals surface area contributed by atoms with E-state index in [-0.39, 0.29) is 12.2 Å². The standard InChI is InChI=1S/C15H22N2O5S/c1-9(2)21-11-7-12(13(16-8-11)22-10(3)4)15(5-6-15)14(18)17-23(19)20/h7-10,23H,5-6H2,1-4H3,(H,17,18,19,20). The monoisotopic (exact) mass is 342 g/mol.